The number of thiophene rings is 1. The van der Waals surface area contributed by atoms with Gasteiger partial charge in [-0.2, -0.15) is 0 Å². The van der Waals surface area contributed by atoms with Crippen molar-refractivity contribution >= 4 is 23.0 Å². The minimum absolute atomic E-state index is 0.257. The maximum atomic E-state index is 11.0. The summed E-state index contributed by atoms with van der Waals surface area (Å²) in [5.41, 5.74) is 4.86. The number of hydrogen-bond acceptors (Lipinski definition) is 3. The largest absolute Gasteiger partial charge is 0.478 e. The van der Waals surface area contributed by atoms with Crippen LogP contribution in [0.3, 0.4) is 0 Å². The van der Waals surface area contributed by atoms with Crippen molar-refractivity contribution in [3.63, 3.8) is 0 Å². The van der Waals surface area contributed by atoms with E-state index < -0.39 is 5.97 Å². The van der Waals surface area contributed by atoms with Gasteiger partial charge in [-0.25, -0.2) is 4.79 Å². The molecule has 1 heterocycles. The highest BCUT2D eigenvalue weighted by molar-refractivity contribution is 7.12. The Morgan fingerprint density at radius 2 is 1.74 bits per heavy atom. The summed E-state index contributed by atoms with van der Waals surface area (Å²) >= 11 is 2.00. The van der Waals surface area contributed by atoms with Gasteiger partial charge in [0.1, 0.15) is 0 Å². The summed E-state index contributed by atoms with van der Waals surface area (Å²) in [6.45, 7) is 14.0. The average Bonchev–Trinajstić information content (AvgIpc) is 2.91. The summed E-state index contributed by atoms with van der Waals surface area (Å²) in [5, 5.41) is 12.5. The summed E-state index contributed by atoms with van der Waals surface area (Å²) in [6.07, 6.45) is 3.47. The number of nitrogens with one attached hydrogen (secondary N) is 1. The van der Waals surface area contributed by atoms with Crippen LogP contribution in [0.4, 0.5) is 5.69 Å². The maximum Gasteiger partial charge on any atom is 0.335 e. The van der Waals surface area contributed by atoms with Crippen LogP contribution < -0.4 is 5.32 Å². The quantitative estimate of drug-likeness (QED) is 0.649. The van der Waals surface area contributed by atoms with Crippen LogP contribution in [0.25, 0.3) is 0 Å². The molecule has 0 radical (unpaired) electrons. The number of carbonyl (C=O) groups is 1. The van der Waals surface area contributed by atoms with E-state index in [1.165, 1.54) is 23.3 Å². The highest BCUT2D eigenvalue weighted by atomic mass is 32.1. The van der Waals surface area contributed by atoms with Gasteiger partial charge in [-0.1, -0.05) is 27.7 Å². The number of benzene rings is 1. The molecule has 4 heteroatoms. The number of carboxylic acid groups (broad SMARTS) is 1. The van der Waals surface area contributed by atoms with Crippen molar-refractivity contribution < 1.29 is 9.90 Å². The monoisotopic (exact) mass is 385 g/mol. The van der Waals surface area contributed by atoms with Gasteiger partial charge < -0.3 is 10.4 Å². The molecule has 0 saturated heterocycles. The molecule has 3 nitrogen and oxygen atoms in total. The zero-order chi connectivity index (χ0) is 20.0. The molecule has 1 aromatic carbocycles. The lowest BCUT2D eigenvalue weighted by molar-refractivity contribution is 0.0697. The van der Waals surface area contributed by atoms with Gasteiger partial charge in [-0.3, -0.25) is 0 Å². The molecule has 146 valence electrons. The summed E-state index contributed by atoms with van der Waals surface area (Å²) in [5.74, 6) is -0.889. The fourth-order valence-corrected chi connectivity index (χ4v) is 5.98. The van der Waals surface area contributed by atoms with Crippen LogP contribution in [0.2, 0.25) is 0 Å². The highest BCUT2D eigenvalue weighted by Crippen LogP contribution is 2.51. The van der Waals surface area contributed by atoms with Crippen molar-refractivity contribution in [1.82, 2.24) is 0 Å². The Balaban J connectivity index is 1.80. The fraction of sp³-hybridized carbons (Fsp3) is 0.522. The third-order valence-electron chi connectivity index (χ3n) is 5.95. The van der Waals surface area contributed by atoms with E-state index in [1.807, 2.05) is 23.5 Å². The molecular weight excluding hydrogens is 354 g/mol. The molecule has 2 N–H and O–H groups in total. The average molecular weight is 386 g/mol. The van der Waals surface area contributed by atoms with Gasteiger partial charge in [-0.05, 0) is 72.9 Å². The van der Waals surface area contributed by atoms with Crippen LogP contribution in [-0.2, 0) is 17.3 Å². The molecule has 27 heavy (non-hydrogen) atoms. The van der Waals surface area contributed by atoms with E-state index in [2.05, 4.69) is 46.9 Å². The molecule has 3 rings (SSSR count). The standard InChI is InChI=1S/C23H31NO2S/c1-14(24-17-9-7-16(8-10-17)21(25)26)13-18-15(2)19-20(27-18)23(5,6)12-11-22(19,3)4/h7-10,14,24H,11-13H2,1-6H3,(H,25,26). The molecule has 1 unspecified atom stereocenters. The molecule has 0 fully saturated rings. The number of anilines is 1. The van der Waals surface area contributed by atoms with Crippen LogP contribution in [-0.4, -0.2) is 17.1 Å². The Morgan fingerprint density at radius 1 is 1.15 bits per heavy atom. The van der Waals surface area contributed by atoms with Crippen LogP contribution in [0.15, 0.2) is 24.3 Å². The van der Waals surface area contributed by atoms with Gasteiger partial charge in [-0.15, -0.1) is 11.3 Å². The van der Waals surface area contributed by atoms with Crippen LogP contribution in [0.5, 0.6) is 0 Å². The van der Waals surface area contributed by atoms with Crippen molar-refractivity contribution in [2.45, 2.75) is 77.7 Å². The molecule has 1 aliphatic rings. The number of hydrogen-bond donors (Lipinski definition) is 2. The van der Waals surface area contributed by atoms with Crippen molar-refractivity contribution in [3.05, 3.63) is 50.7 Å². The highest BCUT2D eigenvalue weighted by Gasteiger charge is 2.40. The van der Waals surface area contributed by atoms with E-state index >= 15 is 0 Å². The maximum absolute atomic E-state index is 11.0. The topological polar surface area (TPSA) is 49.3 Å². The van der Waals surface area contributed by atoms with Crippen molar-refractivity contribution in [2.24, 2.45) is 0 Å². The first-order valence-electron chi connectivity index (χ1n) is 9.74. The lowest BCUT2D eigenvalue weighted by atomic mass is 9.66. The van der Waals surface area contributed by atoms with Crippen molar-refractivity contribution in [3.8, 4) is 0 Å². The third kappa shape index (κ3) is 3.91. The summed E-state index contributed by atoms with van der Waals surface area (Å²) in [4.78, 5) is 14.0. The summed E-state index contributed by atoms with van der Waals surface area (Å²) < 4.78 is 0. The fourth-order valence-electron chi connectivity index (χ4n) is 4.23. The zero-order valence-electron chi connectivity index (χ0n) is 17.3. The van der Waals surface area contributed by atoms with Crippen molar-refractivity contribution in [2.75, 3.05) is 5.32 Å². The van der Waals surface area contributed by atoms with E-state index in [0.29, 0.717) is 5.56 Å². The Labute approximate surface area is 166 Å². The summed E-state index contributed by atoms with van der Waals surface area (Å²) in [6, 6.07) is 7.28. The Kier molecular flexibility index (Phi) is 5.15. The van der Waals surface area contributed by atoms with Gasteiger partial charge in [0.05, 0.1) is 5.56 Å². The number of fused-ring (bicyclic) bond motifs is 1. The second kappa shape index (κ2) is 6.97. The zero-order valence-corrected chi connectivity index (χ0v) is 18.1. The minimum atomic E-state index is -0.889. The molecule has 0 aliphatic heterocycles. The lowest BCUT2D eigenvalue weighted by Gasteiger charge is -2.40. The Bertz CT molecular complexity index is 846. The predicted molar refractivity (Wildman–Crippen MR) is 115 cm³/mol. The molecule has 0 amide bonds. The molecule has 0 spiro atoms. The predicted octanol–water partition coefficient (Wildman–Crippen LogP) is 6.15. The number of carboxylic acids is 1. The van der Waals surface area contributed by atoms with E-state index in [1.54, 1.807) is 22.6 Å². The Morgan fingerprint density at radius 3 is 2.30 bits per heavy atom. The number of aromatic carboxylic acids is 1. The van der Waals surface area contributed by atoms with Gasteiger partial charge in [0, 0.05) is 27.9 Å². The Hall–Kier alpha value is -1.81. The second-order valence-corrected chi connectivity index (χ2v) is 10.4. The van der Waals surface area contributed by atoms with Gasteiger partial charge in [0.15, 0.2) is 0 Å². The first kappa shape index (κ1) is 19.9. The van der Waals surface area contributed by atoms with Crippen LogP contribution in [0, 0.1) is 6.92 Å². The van der Waals surface area contributed by atoms with Crippen molar-refractivity contribution in [1.29, 1.82) is 0 Å². The molecule has 0 saturated carbocycles. The van der Waals surface area contributed by atoms with Crippen LogP contribution >= 0.6 is 11.3 Å². The van der Waals surface area contributed by atoms with Gasteiger partial charge >= 0.3 is 5.97 Å². The summed E-state index contributed by atoms with van der Waals surface area (Å²) in [7, 11) is 0. The molecule has 2 aromatic rings. The normalized spacial score (nSPS) is 18.6. The van der Waals surface area contributed by atoms with Crippen LogP contribution in [0.1, 0.15) is 78.7 Å². The SMILES string of the molecule is Cc1c(CC(C)Nc2ccc(C(=O)O)cc2)sc2c1C(C)(C)CCC2(C)C. The third-order valence-corrected chi connectivity index (χ3v) is 7.63. The lowest BCUT2D eigenvalue weighted by Crippen LogP contribution is -2.32. The molecule has 1 aromatic heterocycles. The second-order valence-electron chi connectivity index (χ2n) is 9.25. The molecule has 0 bridgehead atoms. The smallest absolute Gasteiger partial charge is 0.335 e. The molecule has 1 aliphatic carbocycles. The van der Waals surface area contributed by atoms with E-state index in [-0.39, 0.29) is 16.9 Å². The van der Waals surface area contributed by atoms with E-state index in [9.17, 15) is 4.79 Å². The van der Waals surface area contributed by atoms with Gasteiger partial charge in [0.25, 0.3) is 0 Å². The molecular formula is C23H31NO2S. The molecule has 1 atom stereocenters. The van der Waals surface area contributed by atoms with E-state index in [0.717, 1.165) is 12.1 Å². The minimum Gasteiger partial charge on any atom is -0.478 e. The van der Waals surface area contributed by atoms with Gasteiger partial charge in [0.2, 0.25) is 0 Å². The number of rotatable bonds is 5. The first-order chi connectivity index (χ1) is 12.5. The first-order valence-corrected chi connectivity index (χ1v) is 10.6. The van der Waals surface area contributed by atoms with E-state index in [4.69, 9.17) is 5.11 Å².